The second-order valence-electron chi connectivity index (χ2n) is 7.63. The lowest BCUT2D eigenvalue weighted by atomic mass is 9.95. The molecule has 1 fully saturated rings. The van der Waals surface area contributed by atoms with Crippen molar-refractivity contribution in [3.8, 4) is 11.5 Å². The number of amides is 1. The SMILES string of the molecule is CCOc1cc(/C(O)=C2/C(=O)C(=O)N(Cc3ccc(OC)cc3)C2c2ccncc2)ccc1Cl. The van der Waals surface area contributed by atoms with Gasteiger partial charge in [0.2, 0.25) is 0 Å². The average molecular weight is 479 g/mol. The summed E-state index contributed by atoms with van der Waals surface area (Å²) in [6.07, 6.45) is 3.16. The van der Waals surface area contributed by atoms with Gasteiger partial charge in [-0.05, 0) is 60.5 Å². The number of Topliss-reactive ketones (excluding diaryl/α,β-unsaturated/α-hetero) is 1. The molecule has 1 aliphatic heterocycles. The molecule has 1 N–H and O–H groups in total. The Hall–Kier alpha value is -3.84. The molecule has 3 aromatic rings. The number of likely N-dealkylation sites (tertiary alicyclic amines) is 1. The Kier molecular flexibility index (Phi) is 6.84. The molecule has 34 heavy (non-hydrogen) atoms. The zero-order chi connectivity index (χ0) is 24.2. The van der Waals surface area contributed by atoms with Crippen molar-refractivity contribution in [1.82, 2.24) is 9.88 Å². The number of rotatable bonds is 7. The molecule has 1 atom stereocenters. The molecule has 1 amide bonds. The van der Waals surface area contributed by atoms with Crippen LogP contribution in [-0.2, 0) is 16.1 Å². The van der Waals surface area contributed by atoms with E-state index in [0.717, 1.165) is 5.56 Å². The van der Waals surface area contributed by atoms with Crippen molar-refractivity contribution in [3.05, 3.63) is 94.3 Å². The monoisotopic (exact) mass is 478 g/mol. The topological polar surface area (TPSA) is 89.0 Å². The maximum absolute atomic E-state index is 13.2. The summed E-state index contributed by atoms with van der Waals surface area (Å²) in [6, 6.07) is 14.6. The molecule has 0 saturated carbocycles. The Morgan fingerprint density at radius 3 is 2.44 bits per heavy atom. The fourth-order valence-electron chi connectivity index (χ4n) is 3.94. The van der Waals surface area contributed by atoms with E-state index in [9.17, 15) is 14.7 Å². The lowest BCUT2D eigenvalue weighted by molar-refractivity contribution is -0.140. The third kappa shape index (κ3) is 4.47. The summed E-state index contributed by atoms with van der Waals surface area (Å²) in [5.74, 6) is -0.695. The van der Waals surface area contributed by atoms with Gasteiger partial charge in [-0.25, -0.2) is 0 Å². The number of aliphatic hydroxyl groups excluding tert-OH is 1. The molecule has 0 bridgehead atoms. The highest BCUT2D eigenvalue weighted by atomic mass is 35.5. The van der Waals surface area contributed by atoms with E-state index < -0.39 is 17.7 Å². The van der Waals surface area contributed by atoms with Crippen LogP contribution in [-0.4, -0.2) is 40.4 Å². The van der Waals surface area contributed by atoms with Crippen molar-refractivity contribution in [3.63, 3.8) is 0 Å². The number of pyridine rings is 1. The molecule has 1 saturated heterocycles. The number of hydrogen-bond donors (Lipinski definition) is 1. The Labute approximate surface area is 202 Å². The summed E-state index contributed by atoms with van der Waals surface area (Å²) in [6.45, 7) is 2.37. The Morgan fingerprint density at radius 2 is 1.79 bits per heavy atom. The van der Waals surface area contributed by atoms with Crippen LogP contribution in [0.1, 0.15) is 29.7 Å². The Balaban J connectivity index is 1.81. The van der Waals surface area contributed by atoms with Gasteiger partial charge in [0.1, 0.15) is 17.3 Å². The quantitative estimate of drug-likeness (QED) is 0.299. The Bertz CT molecular complexity index is 1240. The Morgan fingerprint density at radius 1 is 1.09 bits per heavy atom. The molecular weight excluding hydrogens is 456 g/mol. The fourth-order valence-corrected chi connectivity index (χ4v) is 4.11. The van der Waals surface area contributed by atoms with Crippen molar-refractivity contribution < 1.29 is 24.2 Å². The number of methoxy groups -OCH3 is 1. The first-order chi connectivity index (χ1) is 16.4. The van der Waals surface area contributed by atoms with E-state index >= 15 is 0 Å². The highest BCUT2D eigenvalue weighted by molar-refractivity contribution is 6.46. The molecule has 2 heterocycles. The maximum atomic E-state index is 13.2. The van der Waals surface area contributed by atoms with Gasteiger partial charge in [0.25, 0.3) is 11.7 Å². The lowest BCUT2D eigenvalue weighted by Crippen LogP contribution is -2.29. The number of carbonyl (C=O) groups excluding carboxylic acids is 2. The first kappa shape index (κ1) is 23.3. The first-order valence-electron chi connectivity index (χ1n) is 10.7. The minimum Gasteiger partial charge on any atom is -0.507 e. The van der Waals surface area contributed by atoms with Gasteiger partial charge in [0.15, 0.2) is 0 Å². The highest BCUT2D eigenvalue weighted by Crippen LogP contribution is 2.41. The van der Waals surface area contributed by atoms with E-state index in [0.29, 0.717) is 34.3 Å². The van der Waals surface area contributed by atoms with Crippen LogP contribution in [0.3, 0.4) is 0 Å². The van der Waals surface area contributed by atoms with E-state index in [4.69, 9.17) is 21.1 Å². The van der Waals surface area contributed by atoms with E-state index in [1.165, 1.54) is 4.90 Å². The summed E-state index contributed by atoms with van der Waals surface area (Å²) < 4.78 is 10.7. The van der Waals surface area contributed by atoms with Crippen LogP contribution in [0, 0.1) is 0 Å². The number of benzene rings is 2. The largest absolute Gasteiger partial charge is 0.507 e. The van der Waals surface area contributed by atoms with Crippen molar-refractivity contribution in [2.75, 3.05) is 13.7 Å². The summed E-state index contributed by atoms with van der Waals surface area (Å²) in [4.78, 5) is 31.8. The van der Waals surface area contributed by atoms with Crippen LogP contribution in [0.2, 0.25) is 5.02 Å². The summed E-state index contributed by atoms with van der Waals surface area (Å²) in [5, 5.41) is 11.6. The predicted octanol–water partition coefficient (Wildman–Crippen LogP) is 4.76. The zero-order valence-electron chi connectivity index (χ0n) is 18.7. The molecule has 2 aromatic carbocycles. The molecule has 1 unspecified atom stereocenters. The maximum Gasteiger partial charge on any atom is 0.295 e. The molecule has 7 nitrogen and oxygen atoms in total. The standard InChI is InChI=1S/C26H23ClN2O5/c1-3-34-21-14-18(6-9-20(21)27)24(30)22-23(17-10-12-28-13-11-17)29(26(32)25(22)31)15-16-4-7-19(33-2)8-5-16/h4-14,23,30H,3,15H2,1-2H3/b24-22-. The number of halogens is 1. The van der Waals surface area contributed by atoms with Gasteiger partial charge in [-0.15, -0.1) is 0 Å². The van der Waals surface area contributed by atoms with Gasteiger partial charge in [0, 0.05) is 24.5 Å². The van der Waals surface area contributed by atoms with Crippen LogP contribution < -0.4 is 9.47 Å². The van der Waals surface area contributed by atoms with Crippen molar-refractivity contribution in [1.29, 1.82) is 0 Å². The number of nitrogens with zero attached hydrogens (tertiary/aromatic N) is 2. The van der Waals surface area contributed by atoms with Crippen LogP contribution in [0.4, 0.5) is 0 Å². The minimum atomic E-state index is -0.795. The molecule has 1 aromatic heterocycles. The van der Waals surface area contributed by atoms with Gasteiger partial charge in [-0.2, -0.15) is 0 Å². The summed E-state index contributed by atoms with van der Waals surface area (Å²) in [7, 11) is 1.57. The first-order valence-corrected chi connectivity index (χ1v) is 11.1. The van der Waals surface area contributed by atoms with E-state index in [1.54, 1.807) is 62.0 Å². The van der Waals surface area contributed by atoms with E-state index in [2.05, 4.69) is 4.98 Å². The van der Waals surface area contributed by atoms with Gasteiger partial charge in [-0.1, -0.05) is 23.7 Å². The van der Waals surface area contributed by atoms with Gasteiger partial charge in [0.05, 0.1) is 30.4 Å². The van der Waals surface area contributed by atoms with Gasteiger partial charge >= 0.3 is 0 Å². The molecule has 4 rings (SSSR count). The normalized spacial score (nSPS) is 17.1. The number of ether oxygens (including phenoxy) is 2. The molecule has 0 spiro atoms. The van der Waals surface area contributed by atoms with E-state index in [-0.39, 0.29) is 17.9 Å². The third-order valence-corrected chi connectivity index (χ3v) is 5.89. The molecule has 0 aliphatic carbocycles. The van der Waals surface area contributed by atoms with Gasteiger partial charge in [-0.3, -0.25) is 14.6 Å². The number of ketones is 1. The summed E-state index contributed by atoms with van der Waals surface area (Å²) >= 11 is 6.18. The molecular formula is C26H23ClN2O5. The number of carbonyl (C=O) groups is 2. The van der Waals surface area contributed by atoms with Crippen LogP contribution in [0.15, 0.2) is 72.6 Å². The molecule has 1 aliphatic rings. The fraction of sp³-hybridized carbons (Fsp3) is 0.192. The molecule has 8 heteroatoms. The lowest BCUT2D eigenvalue weighted by Gasteiger charge is -2.25. The van der Waals surface area contributed by atoms with Crippen LogP contribution >= 0.6 is 11.6 Å². The average Bonchev–Trinajstić information content (AvgIpc) is 3.11. The van der Waals surface area contributed by atoms with Gasteiger partial charge < -0.3 is 19.5 Å². The molecule has 0 radical (unpaired) electrons. The molecule has 174 valence electrons. The van der Waals surface area contributed by atoms with Crippen LogP contribution in [0.5, 0.6) is 11.5 Å². The zero-order valence-corrected chi connectivity index (χ0v) is 19.5. The minimum absolute atomic E-state index is 0.00511. The number of hydrogen-bond acceptors (Lipinski definition) is 6. The predicted molar refractivity (Wildman–Crippen MR) is 128 cm³/mol. The third-order valence-electron chi connectivity index (χ3n) is 5.58. The van der Waals surface area contributed by atoms with Crippen LogP contribution in [0.25, 0.3) is 5.76 Å². The second kappa shape index (κ2) is 9.97. The smallest absolute Gasteiger partial charge is 0.295 e. The van der Waals surface area contributed by atoms with Crippen molar-refractivity contribution in [2.45, 2.75) is 19.5 Å². The van der Waals surface area contributed by atoms with Crippen molar-refractivity contribution in [2.24, 2.45) is 0 Å². The highest BCUT2D eigenvalue weighted by Gasteiger charge is 2.46. The number of aromatic nitrogens is 1. The second-order valence-corrected chi connectivity index (χ2v) is 8.04. The van der Waals surface area contributed by atoms with E-state index in [1.807, 2.05) is 19.1 Å². The van der Waals surface area contributed by atoms with Crippen molar-refractivity contribution >= 4 is 29.1 Å². The number of aliphatic hydroxyl groups is 1. The summed E-state index contributed by atoms with van der Waals surface area (Å²) in [5.41, 5.74) is 1.79.